The van der Waals surface area contributed by atoms with Crippen LogP contribution in [0.2, 0.25) is 5.02 Å². The number of hydrogen-bond donors (Lipinski definition) is 2. The van der Waals surface area contributed by atoms with E-state index < -0.39 is 5.97 Å². The molecule has 0 amide bonds. The molecule has 0 aliphatic carbocycles. The van der Waals surface area contributed by atoms with Gasteiger partial charge in [-0.25, -0.2) is 9.97 Å². The molecule has 5 nitrogen and oxygen atoms in total. The van der Waals surface area contributed by atoms with E-state index in [1.165, 1.54) is 6.20 Å². The van der Waals surface area contributed by atoms with Gasteiger partial charge in [-0.05, 0) is 0 Å². The zero-order chi connectivity index (χ0) is 9.14. The largest absolute Gasteiger partial charge is 0.481 e. The highest BCUT2D eigenvalue weighted by Gasteiger charge is 2.07. The summed E-state index contributed by atoms with van der Waals surface area (Å²) in [5, 5.41) is 8.64. The number of nitrogens with two attached hydrogens (primary N) is 1. The summed E-state index contributed by atoms with van der Waals surface area (Å²) in [6.07, 6.45) is 1.04. The molecule has 64 valence electrons. The second-order valence-corrected chi connectivity index (χ2v) is 2.50. The molecule has 1 aromatic rings. The van der Waals surface area contributed by atoms with Gasteiger partial charge < -0.3 is 10.8 Å². The Morgan fingerprint density at radius 2 is 2.42 bits per heavy atom. The molecule has 1 rings (SSSR count). The van der Waals surface area contributed by atoms with Gasteiger partial charge in [-0.3, -0.25) is 4.79 Å². The van der Waals surface area contributed by atoms with E-state index in [0.29, 0.717) is 0 Å². The van der Waals surface area contributed by atoms with Gasteiger partial charge in [-0.2, -0.15) is 0 Å². The number of anilines is 1. The Kier molecular flexibility index (Phi) is 2.44. The molecule has 0 aliphatic rings. The number of nitrogen functional groups attached to an aromatic ring is 1. The van der Waals surface area contributed by atoms with Crippen LogP contribution in [0, 0.1) is 0 Å². The molecular formula is C6H6ClN3O2. The first-order valence-electron chi connectivity index (χ1n) is 3.08. The zero-order valence-corrected chi connectivity index (χ0v) is 6.75. The van der Waals surface area contributed by atoms with Gasteiger partial charge in [-0.1, -0.05) is 11.6 Å². The van der Waals surface area contributed by atoms with Crippen LogP contribution in [-0.2, 0) is 11.2 Å². The lowest BCUT2D eigenvalue weighted by Crippen LogP contribution is -2.05. The number of aliphatic carboxylic acids is 1. The van der Waals surface area contributed by atoms with Gasteiger partial charge in [0.1, 0.15) is 0 Å². The molecule has 0 aliphatic heterocycles. The summed E-state index contributed by atoms with van der Waals surface area (Å²) >= 11 is 5.60. The molecule has 6 heteroatoms. The molecule has 0 radical (unpaired) electrons. The summed E-state index contributed by atoms with van der Waals surface area (Å²) in [5.41, 5.74) is 5.46. The van der Waals surface area contributed by atoms with Crippen molar-refractivity contribution < 1.29 is 9.90 Å². The minimum absolute atomic E-state index is 0.0238. The second-order valence-electron chi connectivity index (χ2n) is 2.09. The van der Waals surface area contributed by atoms with Crippen molar-refractivity contribution in [3.05, 3.63) is 16.9 Å². The van der Waals surface area contributed by atoms with E-state index in [-0.39, 0.29) is 23.1 Å². The number of hydrogen-bond acceptors (Lipinski definition) is 4. The average Bonchev–Trinajstić information content (AvgIpc) is 1.96. The maximum absolute atomic E-state index is 10.3. The monoisotopic (exact) mass is 187 g/mol. The average molecular weight is 188 g/mol. The lowest BCUT2D eigenvalue weighted by molar-refractivity contribution is -0.136. The number of carboxylic acid groups (broad SMARTS) is 1. The summed E-state index contributed by atoms with van der Waals surface area (Å²) in [5.74, 6) is -0.981. The Hall–Kier alpha value is -1.36. The van der Waals surface area contributed by atoms with E-state index in [2.05, 4.69) is 9.97 Å². The normalized spacial score (nSPS) is 9.75. The summed E-state index contributed by atoms with van der Waals surface area (Å²) in [4.78, 5) is 17.5. The van der Waals surface area contributed by atoms with Crippen molar-refractivity contribution in [2.24, 2.45) is 0 Å². The summed E-state index contributed by atoms with van der Waals surface area (Å²) in [6, 6.07) is 0. The van der Waals surface area contributed by atoms with Crippen LogP contribution in [-0.4, -0.2) is 21.0 Å². The van der Waals surface area contributed by atoms with Crippen LogP contribution < -0.4 is 5.73 Å². The highest BCUT2D eigenvalue weighted by atomic mass is 35.5. The maximum atomic E-state index is 10.3. The second kappa shape index (κ2) is 3.36. The molecule has 3 N–H and O–H groups in total. The Morgan fingerprint density at radius 3 is 3.00 bits per heavy atom. The van der Waals surface area contributed by atoms with Crippen LogP contribution in [0.25, 0.3) is 0 Å². The number of carboxylic acids is 1. The van der Waals surface area contributed by atoms with Gasteiger partial charge in [-0.15, -0.1) is 0 Å². The third-order valence-electron chi connectivity index (χ3n) is 1.15. The lowest BCUT2D eigenvalue weighted by Gasteiger charge is -1.99. The Morgan fingerprint density at radius 1 is 1.75 bits per heavy atom. The van der Waals surface area contributed by atoms with Crippen LogP contribution in [0.1, 0.15) is 5.69 Å². The van der Waals surface area contributed by atoms with Gasteiger partial charge >= 0.3 is 5.97 Å². The van der Waals surface area contributed by atoms with Gasteiger partial charge in [0.15, 0.2) is 0 Å². The van der Waals surface area contributed by atoms with Crippen molar-refractivity contribution in [2.45, 2.75) is 6.42 Å². The lowest BCUT2D eigenvalue weighted by atomic mass is 10.3. The van der Waals surface area contributed by atoms with E-state index in [0.717, 1.165) is 0 Å². The Bertz CT molecular complexity index is 316. The smallest absolute Gasteiger partial charge is 0.309 e. The SMILES string of the molecule is Nc1ncc(Cl)c(CC(=O)O)n1. The van der Waals surface area contributed by atoms with Crippen molar-refractivity contribution in [1.82, 2.24) is 9.97 Å². The Labute approximate surface area is 73.2 Å². The van der Waals surface area contributed by atoms with Crippen LogP contribution in [0.4, 0.5) is 5.95 Å². The number of nitrogens with zero attached hydrogens (tertiary/aromatic N) is 2. The van der Waals surface area contributed by atoms with E-state index in [9.17, 15) is 4.79 Å². The van der Waals surface area contributed by atoms with Crippen LogP contribution in [0.5, 0.6) is 0 Å². The molecule has 0 fully saturated rings. The minimum Gasteiger partial charge on any atom is -0.481 e. The fourth-order valence-corrected chi connectivity index (χ4v) is 0.843. The maximum Gasteiger partial charge on any atom is 0.309 e. The molecule has 1 aromatic heterocycles. The number of carbonyl (C=O) groups is 1. The van der Waals surface area contributed by atoms with Crippen LogP contribution >= 0.6 is 11.6 Å². The number of aromatic nitrogens is 2. The van der Waals surface area contributed by atoms with Crippen molar-refractivity contribution in [3.8, 4) is 0 Å². The first-order valence-corrected chi connectivity index (χ1v) is 3.46. The molecule has 0 saturated carbocycles. The van der Waals surface area contributed by atoms with Crippen molar-refractivity contribution in [3.63, 3.8) is 0 Å². The van der Waals surface area contributed by atoms with Crippen molar-refractivity contribution >= 4 is 23.5 Å². The standard InChI is InChI=1S/C6H6ClN3O2/c7-3-2-9-6(8)10-4(3)1-5(11)12/h2H,1H2,(H,11,12)(H2,8,9,10). The minimum atomic E-state index is -1.00. The van der Waals surface area contributed by atoms with Gasteiger partial charge in [0, 0.05) is 0 Å². The fraction of sp³-hybridized carbons (Fsp3) is 0.167. The molecule has 0 spiro atoms. The van der Waals surface area contributed by atoms with E-state index in [4.69, 9.17) is 22.4 Å². The molecule has 0 unspecified atom stereocenters. The van der Waals surface area contributed by atoms with E-state index >= 15 is 0 Å². The first kappa shape index (κ1) is 8.73. The molecule has 12 heavy (non-hydrogen) atoms. The highest BCUT2D eigenvalue weighted by Crippen LogP contribution is 2.13. The van der Waals surface area contributed by atoms with Crippen molar-refractivity contribution in [2.75, 3.05) is 5.73 Å². The predicted octanol–water partition coefficient (Wildman–Crippen LogP) is 0.339. The third kappa shape index (κ3) is 2.06. The Balaban J connectivity index is 2.97. The molecule has 0 aromatic carbocycles. The first-order chi connectivity index (χ1) is 5.59. The number of rotatable bonds is 2. The third-order valence-corrected chi connectivity index (χ3v) is 1.47. The number of halogens is 1. The van der Waals surface area contributed by atoms with Crippen LogP contribution in [0.15, 0.2) is 6.20 Å². The molecule has 0 atom stereocenters. The van der Waals surface area contributed by atoms with Gasteiger partial charge in [0.2, 0.25) is 5.95 Å². The highest BCUT2D eigenvalue weighted by molar-refractivity contribution is 6.31. The van der Waals surface area contributed by atoms with Crippen LogP contribution in [0.3, 0.4) is 0 Å². The van der Waals surface area contributed by atoms with Gasteiger partial charge in [0.25, 0.3) is 0 Å². The van der Waals surface area contributed by atoms with Gasteiger partial charge in [0.05, 0.1) is 23.3 Å². The molecule has 0 saturated heterocycles. The topological polar surface area (TPSA) is 89.1 Å². The summed E-state index contributed by atoms with van der Waals surface area (Å²) in [7, 11) is 0. The van der Waals surface area contributed by atoms with E-state index in [1.54, 1.807) is 0 Å². The quantitative estimate of drug-likeness (QED) is 0.697. The molecular weight excluding hydrogens is 182 g/mol. The van der Waals surface area contributed by atoms with Crippen molar-refractivity contribution in [1.29, 1.82) is 0 Å². The predicted molar refractivity (Wildman–Crippen MR) is 42.8 cm³/mol. The zero-order valence-electron chi connectivity index (χ0n) is 5.99. The summed E-state index contributed by atoms with van der Waals surface area (Å²) in [6.45, 7) is 0. The molecule has 1 heterocycles. The summed E-state index contributed by atoms with van der Waals surface area (Å²) < 4.78 is 0. The fourth-order valence-electron chi connectivity index (χ4n) is 0.685. The molecule has 0 bridgehead atoms. The van der Waals surface area contributed by atoms with E-state index in [1.807, 2.05) is 0 Å².